The second-order valence-electron chi connectivity index (χ2n) is 22.5. The standard InChI is InChI=1S/C71H121N2O7P/c1-7-10-13-16-19-22-25-28-30-32-34-36-38-40-42-45-48-51-54-57-60-63-70(74)72-68(67-79-81(76,77)78-66-65-73(4,5)6)69(62-59-56-53-50-47-44-27-24-21-18-15-12-9-3)80-71(75)64-61-58-55-52-49-46-43-41-39-37-35-33-31-29-26-23-20-17-14-11-8-2/h10-11,13-14,19-20,22-23,28-31,34-37,40-43,59,62,68-69H,7-9,12,15-18,21,24-27,32-33,38-39,44-58,60-61,63-67H2,1-6H3,(H-,72,74,76,77)/b13-10-,14-11-,22-19-,23-20-,30-28-,31-29-,36-34-,37-35-,42-40-,43-41-,62-59+. The Morgan fingerprint density at radius 1 is 0.444 bits per heavy atom. The summed E-state index contributed by atoms with van der Waals surface area (Å²) in [6.07, 6.45) is 84.1. The third-order valence-electron chi connectivity index (χ3n) is 13.6. The van der Waals surface area contributed by atoms with Crippen LogP contribution in [0.1, 0.15) is 252 Å². The molecule has 0 bridgehead atoms. The van der Waals surface area contributed by atoms with Gasteiger partial charge in [0.15, 0.2) is 0 Å². The van der Waals surface area contributed by atoms with Gasteiger partial charge >= 0.3 is 5.97 Å². The Hall–Kier alpha value is -3.85. The number of nitrogens with one attached hydrogen (secondary N) is 1. The van der Waals surface area contributed by atoms with E-state index in [1.807, 2.05) is 33.3 Å². The molecule has 0 saturated carbocycles. The number of hydrogen-bond acceptors (Lipinski definition) is 7. The SMILES string of the molecule is CC/C=C\C/C=C\C/C=C\C/C=C\C/C=C\CCCCCCCC(=O)NC(COP(=O)([O-])OCC[N+](C)(C)C)C(/C=C/CCCCCCCCCCCCC)OC(=O)CCCCCCC/C=C\C/C=C\C/C=C\C/C=C\C/C=C\CC. The lowest BCUT2D eigenvalue weighted by molar-refractivity contribution is -0.870. The second kappa shape index (κ2) is 59.3. The molecular weight excluding hydrogens is 1020 g/mol. The molecule has 0 aliphatic carbocycles. The number of carbonyl (C=O) groups is 2. The van der Waals surface area contributed by atoms with Crippen LogP contribution in [0.2, 0.25) is 0 Å². The number of hydrogen-bond donors (Lipinski definition) is 1. The maximum Gasteiger partial charge on any atom is 0.306 e. The first-order valence-electron chi connectivity index (χ1n) is 32.5. The fraction of sp³-hybridized carbons (Fsp3) is 0.662. The van der Waals surface area contributed by atoms with Gasteiger partial charge in [0.25, 0.3) is 7.82 Å². The Bertz CT molecular complexity index is 1850. The highest BCUT2D eigenvalue weighted by Crippen LogP contribution is 2.38. The predicted molar refractivity (Wildman–Crippen MR) is 348 cm³/mol. The van der Waals surface area contributed by atoms with Gasteiger partial charge in [0, 0.05) is 12.8 Å². The largest absolute Gasteiger partial charge is 0.756 e. The van der Waals surface area contributed by atoms with E-state index in [1.165, 1.54) is 57.8 Å². The van der Waals surface area contributed by atoms with E-state index in [9.17, 15) is 19.0 Å². The maximum absolute atomic E-state index is 13.6. The number of quaternary nitrogens is 1. The molecule has 9 nitrogen and oxygen atoms in total. The lowest BCUT2D eigenvalue weighted by Crippen LogP contribution is -2.47. The van der Waals surface area contributed by atoms with Crippen molar-refractivity contribution in [1.82, 2.24) is 5.32 Å². The van der Waals surface area contributed by atoms with Crippen LogP contribution in [0, 0.1) is 0 Å². The van der Waals surface area contributed by atoms with Gasteiger partial charge in [-0.1, -0.05) is 251 Å². The van der Waals surface area contributed by atoms with Gasteiger partial charge in [-0.15, -0.1) is 0 Å². The molecule has 3 unspecified atom stereocenters. The van der Waals surface area contributed by atoms with Crippen LogP contribution in [0.3, 0.4) is 0 Å². The molecule has 0 aromatic heterocycles. The first kappa shape index (κ1) is 77.2. The zero-order valence-corrected chi connectivity index (χ0v) is 53.6. The van der Waals surface area contributed by atoms with Crippen LogP contribution >= 0.6 is 7.82 Å². The van der Waals surface area contributed by atoms with E-state index in [2.05, 4.69) is 148 Å². The van der Waals surface area contributed by atoms with Crippen molar-refractivity contribution < 1.29 is 37.3 Å². The minimum Gasteiger partial charge on any atom is -0.756 e. The van der Waals surface area contributed by atoms with Gasteiger partial charge in [-0.2, -0.15) is 0 Å². The number of ether oxygens (including phenoxy) is 1. The molecule has 0 aromatic rings. The highest BCUT2D eigenvalue weighted by Gasteiger charge is 2.27. The molecule has 0 aliphatic heterocycles. The summed E-state index contributed by atoms with van der Waals surface area (Å²) in [5.41, 5.74) is 0. The predicted octanol–water partition coefficient (Wildman–Crippen LogP) is 19.8. The molecule has 0 rings (SSSR count). The van der Waals surface area contributed by atoms with E-state index in [0.717, 1.165) is 148 Å². The van der Waals surface area contributed by atoms with Crippen LogP contribution in [0.25, 0.3) is 0 Å². The maximum atomic E-state index is 13.6. The lowest BCUT2D eigenvalue weighted by Gasteiger charge is -2.30. The lowest BCUT2D eigenvalue weighted by atomic mass is 10.0. The summed E-state index contributed by atoms with van der Waals surface area (Å²) in [5.74, 6) is -0.593. The molecule has 0 aliphatic rings. The molecule has 0 aromatic carbocycles. The van der Waals surface area contributed by atoms with E-state index < -0.39 is 26.6 Å². The molecule has 0 heterocycles. The summed E-state index contributed by atoms with van der Waals surface area (Å²) in [7, 11) is 1.14. The average Bonchev–Trinajstić information content (AvgIpc) is 3.44. The zero-order valence-electron chi connectivity index (χ0n) is 52.7. The molecule has 3 atom stereocenters. The van der Waals surface area contributed by atoms with Crippen molar-refractivity contribution in [3.05, 3.63) is 134 Å². The van der Waals surface area contributed by atoms with Gasteiger partial charge in [0.1, 0.15) is 19.3 Å². The van der Waals surface area contributed by atoms with E-state index >= 15 is 0 Å². The van der Waals surface area contributed by atoms with Crippen molar-refractivity contribution in [2.24, 2.45) is 0 Å². The molecule has 0 saturated heterocycles. The molecule has 1 amide bonds. The molecule has 0 fully saturated rings. The number of phosphoric ester groups is 1. The fourth-order valence-electron chi connectivity index (χ4n) is 8.63. The molecule has 81 heavy (non-hydrogen) atoms. The van der Waals surface area contributed by atoms with Crippen LogP contribution in [-0.2, 0) is 27.9 Å². The number of likely N-dealkylation sites (N-methyl/N-ethyl adjacent to an activating group) is 1. The Morgan fingerprint density at radius 3 is 1.19 bits per heavy atom. The molecule has 10 heteroatoms. The van der Waals surface area contributed by atoms with Gasteiger partial charge in [-0.3, -0.25) is 14.2 Å². The Labute approximate surface area is 498 Å². The van der Waals surface area contributed by atoms with Crippen LogP contribution in [-0.4, -0.2) is 69.4 Å². The summed E-state index contributed by atoms with van der Waals surface area (Å²) in [6, 6.07) is -0.918. The van der Waals surface area contributed by atoms with Crippen molar-refractivity contribution in [1.29, 1.82) is 0 Å². The monoisotopic (exact) mass is 1140 g/mol. The van der Waals surface area contributed by atoms with Crippen molar-refractivity contribution >= 4 is 19.7 Å². The van der Waals surface area contributed by atoms with Crippen LogP contribution < -0.4 is 10.2 Å². The summed E-state index contributed by atoms with van der Waals surface area (Å²) in [6.45, 7) is 6.58. The Balaban J connectivity index is 5.33. The zero-order chi connectivity index (χ0) is 59.3. The number of unbranched alkanes of at least 4 members (excludes halogenated alkanes) is 21. The number of nitrogens with zero attached hydrogens (tertiary/aromatic N) is 1. The van der Waals surface area contributed by atoms with E-state index in [0.29, 0.717) is 23.9 Å². The number of rotatable bonds is 57. The summed E-state index contributed by atoms with van der Waals surface area (Å²) >= 11 is 0. The van der Waals surface area contributed by atoms with Gasteiger partial charge < -0.3 is 28.5 Å². The Kier molecular flexibility index (Phi) is 56.5. The van der Waals surface area contributed by atoms with E-state index in [-0.39, 0.29) is 31.3 Å². The summed E-state index contributed by atoms with van der Waals surface area (Å²) in [4.78, 5) is 40.1. The minimum atomic E-state index is -4.72. The number of amides is 1. The van der Waals surface area contributed by atoms with Crippen molar-refractivity contribution in [2.75, 3.05) is 40.9 Å². The van der Waals surface area contributed by atoms with Gasteiger partial charge in [0.05, 0.1) is 33.8 Å². The summed E-state index contributed by atoms with van der Waals surface area (Å²) < 4.78 is 30.4. The second-order valence-corrected chi connectivity index (χ2v) is 23.9. The minimum absolute atomic E-state index is 0.0374. The fourth-order valence-corrected chi connectivity index (χ4v) is 9.36. The smallest absolute Gasteiger partial charge is 0.306 e. The van der Waals surface area contributed by atoms with Crippen LogP contribution in [0.4, 0.5) is 0 Å². The van der Waals surface area contributed by atoms with E-state index in [4.69, 9.17) is 13.8 Å². The van der Waals surface area contributed by atoms with Crippen molar-refractivity contribution in [3.63, 3.8) is 0 Å². The van der Waals surface area contributed by atoms with E-state index in [1.54, 1.807) is 0 Å². The topological polar surface area (TPSA) is 114 Å². The molecule has 462 valence electrons. The highest BCUT2D eigenvalue weighted by atomic mass is 31.2. The third kappa shape index (κ3) is 60.6. The highest BCUT2D eigenvalue weighted by molar-refractivity contribution is 7.45. The summed E-state index contributed by atoms with van der Waals surface area (Å²) in [5, 5.41) is 3.02. The van der Waals surface area contributed by atoms with Crippen LogP contribution in [0.15, 0.2) is 134 Å². The number of esters is 1. The number of allylic oxidation sites excluding steroid dienone is 21. The number of phosphoric acid groups is 1. The molecule has 0 spiro atoms. The molecule has 0 radical (unpaired) electrons. The number of carbonyl (C=O) groups excluding carboxylic acids is 2. The van der Waals surface area contributed by atoms with Gasteiger partial charge in [0.2, 0.25) is 5.91 Å². The van der Waals surface area contributed by atoms with Gasteiger partial charge in [-0.05, 0) is 122 Å². The normalized spacial score (nSPS) is 14.5. The third-order valence-corrected chi connectivity index (χ3v) is 14.5. The quantitative estimate of drug-likeness (QED) is 0.0212. The first-order valence-corrected chi connectivity index (χ1v) is 34.0. The van der Waals surface area contributed by atoms with Crippen molar-refractivity contribution in [3.8, 4) is 0 Å². The first-order chi connectivity index (χ1) is 39.4. The molecule has 1 N–H and O–H groups in total. The average molecular weight is 1150 g/mol. The van der Waals surface area contributed by atoms with Crippen LogP contribution in [0.5, 0.6) is 0 Å². The molecular formula is C71H121N2O7P. The Morgan fingerprint density at radius 2 is 0.790 bits per heavy atom. The van der Waals surface area contributed by atoms with Gasteiger partial charge in [-0.25, -0.2) is 0 Å². The van der Waals surface area contributed by atoms with Crippen molar-refractivity contribution in [2.45, 2.75) is 264 Å².